The zero-order valence-electron chi connectivity index (χ0n) is 13.5. The number of amides is 1. The third kappa shape index (κ3) is 2.96. The van der Waals surface area contributed by atoms with Crippen LogP contribution < -0.4 is 0 Å². The molecule has 1 amide bonds. The summed E-state index contributed by atoms with van der Waals surface area (Å²) in [6, 6.07) is 2.53. The van der Waals surface area contributed by atoms with Crippen LogP contribution in [0, 0.1) is 0 Å². The molecule has 9 heteroatoms. The highest BCUT2D eigenvalue weighted by Crippen LogP contribution is 2.25. The predicted molar refractivity (Wildman–Crippen MR) is 86.6 cm³/mol. The monoisotopic (exact) mass is 349 g/mol. The van der Waals surface area contributed by atoms with E-state index in [1.54, 1.807) is 24.0 Å². The Kier molecular flexibility index (Phi) is 4.46. The van der Waals surface area contributed by atoms with Crippen LogP contribution in [0.3, 0.4) is 0 Å². The average molecular weight is 349 g/mol. The normalized spacial score (nSPS) is 24.9. The molecule has 128 valence electrons. The van der Waals surface area contributed by atoms with Gasteiger partial charge in [-0.3, -0.25) is 9.78 Å². The number of aromatic nitrogens is 1. The number of piperazine rings is 1. The molecule has 0 spiro atoms. The smallest absolute Gasteiger partial charge is 0.274 e. The first-order valence-corrected chi connectivity index (χ1v) is 9.16. The molecule has 0 aromatic carbocycles. The van der Waals surface area contributed by atoms with Crippen molar-refractivity contribution < 1.29 is 13.2 Å². The molecule has 1 aromatic heterocycles. The summed E-state index contributed by atoms with van der Waals surface area (Å²) < 4.78 is 27.1. The van der Waals surface area contributed by atoms with Crippen molar-refractivity contribution in [1.82, 2.24) is 14.2 Å². The van der Waals surface area contributed by atoms with E-state index in [0.717, 1.165) is 0 Å². The van der Waals surface area contributed by atoms with Gasteiger partial charge in [-0.05, 0) is 32.1 Å². The van der Waals surface area contributed by atoms with E-state index >= 15 is 0 Å². The van der Waals surface area contributed by atoms with E-state index in [-0.39, 0.29) is 29.4 Å². The van der Waals surface area contributed by atoms with E-state index < -0.39 is 10.0 Å². The molecule has 0 unspecified atom stereocenters. The molecule has 0 N–H and O–H groups in total. The molecule has 2 aliphatic rings. The summed E-state index contributed by atoms with van der Waals surface area (Å²) in [7, 11) is -3.64. The van der Waals surface area contributed by atoms with Crippen molar-refractivity contribution in [2.24, 2.45) is 10.2 Å². The molecule has 2 atom stereocenters. The van der Waals surface area contributed by atoms with Crippen molar-refractivity contribution in [3.05, 3.63) is 36.3 Å². The molecule has 3 rings (SSSR count). The Morgan fingerprint density at radius 2 is 2.04 bits per heavy atom. The largest absolute Gasteiger partial charge is 0.332 e. The molecule has 0 saturated carbocycles. The second kappa shape index (κ2) is 6.40. The summed E-state index contributed by atoms with van der Waals surface area (Å²) in [5.41, 5.74) is 0.331. The van der Waals surface area contributed by atoms with Gasteiger partial charge in [-0.1, -0.05) is 0 Å². The van der Waals surface area contributed by atoms with Crippen LogP contribution in [0.4, 0.5) is 0 Å². The highest BCUT2D eigenvalue weighted by Gasteiger charge is 2.39. The van der Waals surface area contributed by atoms with Crippen molar-refractivity contribution in [3.63, 3.8) is 0 Å². The van der Waals surface area contributed by atoms with Gasteiger partial charge in [0.25, 0.3) is 5.91 Å². The summed E-state index contributed by atoms with van der Waals surface area (Å²) in [4.78, 5) is 18.2. The lowest BCUT2D eigenvalue weighted by Crippen LogP contribution is -2.59. The fourth-order valence-corrected chi connectivity index (χ4v) is 4.58. The fourth-order valence-electron chi connectivity index (χ4n) is 2.91. The molecule has 24 heavy (non-hydrogen) atoms. The Hall–Kier alpha value is -2.13. The lowest BCUT2D eigenvalue weighted by atomic mass is 10.1. The minimum atomic E-state index is -3.64. The maximum Gasteiger partial charge on any atom is 0.274 e. The number of hydrogen-bond acceptors (Lipinski definition) is 6. The van der Waals surface area contributed by atoms with Crippen LogP contribution >= 0.6 is 0 Å². The predicted octanol–water partition coefficient (Wildman–Crippen LogP) is 1.04. The number of sulfonamides is 1. The summed E-state index contributed by atoms with van der Waals surface area (Å²) >= 11 is 0. The SMILES string of the molecule is C[C@@H]1CN(C(=O)C2=CCN=N2)[C@@H](C)CN1S(=O)(=O)c1cccnc1. The maximum atomic E-state index is 12.8. The number of nitrogens with zero attached hydrogens (tertiary/aromatic N) is 5. The van der Waals surface area contributed by atoms with Crippen molar-refractivity contribution in [2.75, 3.05) is 19.6 Å². The summed E-state index contributed by atoms with van der Waals surface area (Å²) in [6.07, 6.45) is 4.55. The van der Waals surface area contributed by atoms with Crippen molar-refractivity contribution in [2.45, 2.75) is 30.8 Å². The Morgan fingerprint density at radius 3 is 2.67 bits per heavy atom. The quantitative estimate of drug-likeness (QED) is 0.814. The zero-order chi connectivity index (χ0) is 17.3. The second-order valence-corrected chi connectivity index (χ2v) is 7.82. The van der Waals surface area contributed by atoms with Gasteiger partial charge in [0, 0.05) is 37.6 Å². The lowest BCUT2D eigenvalue weighted by Gasteiger charge is -2.43. The molecule has 0 radical (unpaired) electrons. The lowest BCUT2D eigenvalue weighted by molar-refractivity contribution is -0.131. The molecule has 1 fully saturated rings. The minimum Gasteiger partial charge on any atom is -0.332 e. The number of rotatable bonds is 3. The highest BCUT2D eigenvalue weighted by atomic mass is 32.2. The number of carbonyl (C=O) groups excluding carboxylic acids is 1. The summed E-state index contributed by atoms with van der Waals surface area (Å²) in [6.45, 7) is 4.59. The van der Waals surface area contributed by atoms with Gasteiger partial charge in [0.15, 0.2) is 0 Å². The first kappa shape index (κ1) is 16.7. The first-order chi connectivity index (χ1) is 11.4. The molecule has 1 saturated heterocycles. The van der Waals surface area contributed by atoms with Gasteiger partial charge >= 0.3 is 0 Å². The summed E-state index contributed by atoms with van der Waals surface area (Å²) in [5.74, 6) is -0.200. The van der Waals surface area contributed by atoms with Crippen molar-refractivity contribution in [1.29, 1.82) is 0 Å². The molecule has 0 bridgehead atoms. The van der Waals surface area contributed by atoms with E-state index in [4.69, 9.17) is 0 Å². The molecule has 1 aromatic rings. The van der Waals surface area contributed by atoms with Crippen LogP contribution in [0.25, 0.3) is 0 Å². The van der Waals surface area contributed by atoms with Crippen LogP contribution in [0.5, 0.6) is 0 Å². The van der Waals surface area contributed by atoms with Crippen LogP contribution in [0.1, 0.15) is 13.8 Å². The molecule has 0 aliphatic carbocycles. The Morgan fingerprint density at radius 1 is 1.25 bits per heavy atom. The molecule has 2 aliphatic heterocycles. The van der Waals surface area contributed by atoms with Crippen LogP contribution in [-0.2, 0) is 14.8 Å². The number of pyridine rings is 1. The van der Waals surface area contributed by atoms with E-state index in [1.807, 2.05) is 6.92 Å². The Balaban J connectivity index is 1.81. The van der Waals surface area contributed by atoms with E-state index in [0.29, 0.717) is 18.8 Å². The Bertz CT molecular complexity index is 791. The van der Waals surface area contributed by atoms with Gasteiger partial charge in [0.2, 0.25) is 10.0 Å². The van der Waals surface area contributed by atoms with Gasteiger partial charge in [-0.2, -0.15) is 14.5 Å². The van der Waals surface area contributed by atoms with E-state index in [9.17, 15) is 13.2 Å². The van der Waals surface area contributed by atoms with Gasteiger partial charge in [-0.15, -0.1) is 0 Å². The number of carbonyl (C=O) groups is 1. The molecule has 8 nitrogen and oxygen atoms in total. The third-order valence-corrected chi connectivity index (χ3v) is 6.16. The first-order valence-electron chi connectivity index (χ1n) is 7.71. The van der Waals surface area contributed by atoms with Gasteiger partial charge in [-0.25, -0.2) is 8.42 Å². The van der Waals surface area contributed by atoms with Crippen LogP contribution in [-0.4, -0.2) is 60.2 Å². The van der Waals surface area contributed by atoms with E-state index in [1.165, 1.54) is 22.8 Å². The standard InChI is InChI=1S/C15H19N5O3S/c1-11-10-20(24(22,23)13-4-3-6-16-8-13)12(2)9-19(11)15(21)14-5-7-17-18-14/h3-6,8,11-12H,7,9-10H2,1-2H3/t11-,12+/m0/s1. The molecular weight excluding hydrogens is 330 g/mol. The molecular formula is C15H19N5O3S. The fraction of sp³-hybridized carbons (Fsp3) is 0.467. The van der Waals surface area contributed by atoms with Gasteiger partial charge < -0.3 is 4.90 Å². The van der Waals surface area contributed by atoms with Gasteiger partial charge in [0.05, 0.1) is 6.54 Å². The average Bonchev–Trinajstić information content (AvgIpc) is 3.11. The second-order valence-electron chi connectivity index (χ2n) is 5.93. The third-order valence-electron chi connectivity index (χ3n) is 4.19. The Labute approximate surface area is 140 Å². The highest BCUT2D eigenvalue weighted by molar-refractivity contribution is 7.89. The van der Waals surface area contributed by atoms with Gasteiger partial charge in [0.1, 0.15) is 10.6 Å². The minimum absolute atomic E-state index is 0.163. The zero-order valence-corrected chi connectivity index (χ0v) is 14.3. The summed E-state index contributed by atoms with van der Waals surface area (Å²) in [5, 5.41) is 7.63. The van der Waals surface area contributed by atoms with Crippen molar-refractivity contribution >= 4 is 15.9 Å². The number of hydrogen-bond donors (Lipinski definition) is 0. The maximum absolute atomic E-state index is 12.8. The number of azo groups is 1. The van der Waals surface area contributed by atoms with Crippen LogP contribution in [0.15, 0.2) is 51.4 Å². The van der Waals surface area contributed by atoms with Crippen molar-refractivity contribution in [3.8, 4) is 0 Å². The van der Waals surface area contributed by atoms with Crippen LogP contribution in [0.2, 0.25) is 0 Å². The topological polar surface area (TPSA) is 95.3 Å². The molecule has 3 heterocycles. The van der Waals surface area contributed by atoms with E-state index in [2.05, 4.69) is 15.2 Å².